The lowest BCUT2D eigenvalue weighted by Crippen LogP contribution is -1.92. The number of halogens is 1. The Labute approximate surface area is 86.3 Å². The largest absolute Gasteiger partial charge is 0.439 e. The van der Waals surface area contributed by atoms with E-state index in [0.717, 1.165) is 0 Å². The smallest absolute Gasteiger partial charge is 0.219 e. The summed E-state index contributed by atoms with van der Waals surface area (Å²) in [7, 11) is 0. The summed E-state index contributed by atoms with van der Waals surface area (Å²) >= 11 is 0. The molecule has 2 rings (SSSR count). The molecule has 1 aromatic carbocycles. The van der Waals surface area contributed by atoms with Gasteiger partial charge in [0.2, 0.25) is 5.88 Å². The van der Waals surface area contributed by atoms with Gasteiger partial charge in [-0.2, -0.15) is 0 Å². The summed E-state index contributed by atoms with van der Waals surface area (Å²) in [6.45, 7) is 0. The van der Waals surface area contributed by atoms with E-state index in [2.05, 4.69) is 4.98 Å². The van der Waals surface area contributed by atoms with Crippen LogP contribution in [0.3, 0.4) is 0 Å². The Kier molecular flexibility index (Phi) is 2.49. The maximum Gasteiger partial charge on any atom is 0.219 e. The van der Waals surface area contributed by atoms with Gasteiger partial charge >= 0.3 is 0 Å². The summed E-state index contributed by atoms with van der Waals surface area (Å²) in [6.07, 6.45) is 1.60. The van der Waals surface area contributed by atoms with Crippen LogP contribution in [0, 0.1) is 5.82 Å². The Morgan fingerprint density at radius 2 is 2.07 bits per heavy atom. The average Bonchev–Trinajstić information content (AvgIpc) is 2.25. The zero-order valence-electron chi connectivity index (χ0n) is 7.85. The van der Waals surface area contributed by atoms with Gasteiger partial charge < -0.3 is 10.5 Å². The highest BCUT2D eigenvalue weighted by Gasteiger charge is 2.02. The molecule has 0 bridgehead atoms. The molecule has 0 unspecified atom stereocenters. The summed E-state index contributed by atoms with van der Waals surface area (Å²) < 4.78 is 18.4. The molecule has 0 spiro atoms. The number of rotatable bonds is 2. The van der Waals surface area contributed by atoms with E-state index in [4.69, 9.17) is 10.5 Å². The van der Waals surface area contributed by atoms with Gasteiger partial charge in [0.05, 0.1) is 5.69 Å². The number of benzene rings is 1. The van der Waals surface area contributed by atoms with Gasteiger partial charge in [0.25, 0.3) is 0 Å². The summed E-state index contributed by atoms with van der Waals surface area (Å²) in [4.78, 5) is 3.95. The summed E-state index contributed by atoms with van der Waals surface area (Å²) in [5, 5.41) is 0. The van der Waals surface area contributed by atoms with Gasteiger partial charge in [0.15, 0.2) is 0 Å². The lowest BCUT2D eigenvalue weighted by atomic mass is 10.3. The van der Waals surface area contributed by atoms with E-state index in [9.17, 15) is 4.39 Å². The molecule has 2 aromatic rings. The van der Waals surface area contributed by atoms with Crippen molar-refractivity contribution in [2.75, 3.05) is 5.73 Å². The zero-order valence-corrected chi connectivity index (χ0v) is 7.85. The number of nitrogen functional groups attached to an aromatic ring is 1. The first-order chi connectivity index (χ1) is 7.25. The normalized spacial score (nSPS) is 9.93. The van der Waals surface area contributed by atoms with Gasteiger partial charge in [-0.25, -0.2) is 9.37 Å². The maximum absolute atomic E-state index is 13.1. The number of anilines is 1. The van der Waals surface area contributed by atoms with Crippen LogP contribution in [-0.4, -0.2) is 4.98 Å². The molecule has 0 aliphatic rings. The van der Waals surface area contributed by atoms with Gasteiger partial charge in [0.1, 0.15) is 11.6 Å². The molecule has 0 fully saturated rings. The van der Waals surface area contributed by atoms with Crippen LogP contribution in [0.1, 0.15) is 0 Å². The second kappa shape index (κ2) is 3.96. The van der Waals surface area contributed by atoms with Crippen LogP contribution >= 0.6 is 0 Å². The molecule has 15 heavy (non-hydrogen) atoms. The standard InChI is InChI=1S/C11H9FN2O/c12-9-7-8(4-5-10(9)13)15-11-3-1-2-6-14-11/h1-7H,13H2. The minimum atomic E-state index is -0.497. The molecule has 0 aliphatic carbocycles. The third kappa shape index (κ3) is 2.22. The summed E-state index contributed by atoms with van der Waals surface area (Å²) in [5.74, 6) is 0.297. The van der Waals surface area contributed by atoms with E-state index >= 15 is 0 Å². The van der Waals surface area contributed by atoms with Crippen LogP contribution in [0.4, 0.5) is 10.1 Å². The number of nitrogens with zero attached hydrogens (tertiary/aromatic N) is 1. The first-order valence-electron chi connectivity index (χ1n) is 4.39. The van der Waals surface area contributed by atoms with Crippen LogP contribution < -0.4 is 10.5 Å². The van der Waals surface area contributed by atoms with Crippen molar-refractivity contribution in [2.45, 2.75) is 0 Å². The minimum absolute atomic E-state index is 0.100. The fourth-order valence-corrected chi connectivity index (χ4v) is 1.10. The third-order valence-corrected chi connectivity index (χ3v) is 1.83. The Hall–Kier alpha value is -2.10. The van der Waals surface area contributed by atoms with Crippen molar-refractivity contribution in [2.24, 2.45) is 0 Å². The molecule has 2 N–H and O–H groups in total. The Morgan fingerprint density at radius 1 is 1.20 bits per heavy atom. The quantitative estimate of drug-likeness (QED) is 0.765. The minimum Gasteiger partial charge on any atom is -0.439 e. The lowest BCUT2D eigenvalue weighted by molar-refractivity contribution is 0.458. The van der Waals surface area contributed by atoms with Crippen LogP contribution in [0.2, 0.25) is 0 Å². The van der Waals surface area contributed by atoms with Gasteiger partial charge in [0, 0.05) is 18.3 Å². The predicted molar refractivity (Wildman–Crippen MR) is 55.1 cm³/mol. The Morgan fingerprint density at radius 3 is 2.73 bits per heavy atom. The fraction of sp³-hybridized carbons (Fsp3) is 0. The number of hydrogen-bond acceptors (Lipinski definition) is 3. The van der Waals surface area contributed by atoms with Crippen molar-refractivity contribution in [1.82, 2.24) is 4.98 Å². The van der Waals surface area contributed by atoms with E-state index in [-0.39, 0.29) is 5.69 Å². The van der Waals surface area contributed by atoms with Crippen molar-refractivity contribution in [3.05, 3.63) is 48.4 Å². The van der Waals surface area contributed by atoms with E-state index in [1.54, 1.807) is 30.5 Å². The predicted octanol–water partition coefficient (Wildman–Crippen LogP) is 2.60. The van der Waals surface area contributed by atoms with Crippen LogP contribution in [0.15, 0.2) is 42.6 Å². The number of aromatic nitrogens is 1. The molecule has 3 nitrogen and oxygen atoms in total. The van der Waals surface area contributed by atoms with Gasteiger partial charge in [-0.1, -0.05) is 6.07 Å². The highest BCUT2D eigenvalue weighted by atomic mass is 19.1. The van der Waals surface area contributed by atoms with Gasteiger partial charge in [-0.15, -0.1) is 0 Å². The lowest BCUT2D eigenvalue weighted by Gasteiger charge is -2.04. The molecule has 0 atom stereocenters. The molecule has 0 amide bonds. The van der Waals surface area contributed by atoms with E-state index in [0.29, 0.717) is 11.6 Å². The van der Waals surface area contributed by atoms with E-state index in [1.165, 1.54) is 12.1 Å². The van der Waals surface area contributed by atoms with Crippen LogP contribution in [-0.2, 0) is 0 Å². The zero-order chi connectivity index (χ0) is 10.7. The SMILES string of the molecule is Nc1ccc(Oc2ccccn2)cc1F. The second-order valence-electron chi connectivity index (χ2n) is 2.95. The third-order valence-electron chi connectivity index (χ3n) is 1.83. The number of ether oxygens (including phenoxy) is 1. The van der Waals surface area contributed by atoms with Crippen LogP contribution in [0.25, 0.3) is 0 Å². The topological polar surface area (TPSA) is 48.1 Å². The molecule has 0 radical (unpaired) electrons. The molecule has 0 aliphatic heterocycles. The van der Waals surface area contributed by atoms with Crippen molar-refractivity contribution in [3.63, 3.8) is 0 Å². The highest BCUT2D eigenvalue weighted by molar-refractivity contribution is 5.44. The van der Waals surface area contributed by atoms with Crippen molar-refractivity contribution in [1.29, 1.82) is 0 Å². The molecule has 1 heterocycles. The van der Waals surface area contributed by atoms with E-state index in [1.807, 2.05) is 0 Å². The molecule has 0 saturated heterocycles. The van der Waals surface area contributed by atoms with Crippen molar-refractivity contribution < 1.29 is 9.13 Å². The van der Waals surface area contributed by atoms with Crippen molar-refractivity contribution in [3.8, 4) is 11.6 Å². The highest BCUT2D eigenvalue weighted by Crippen LogP contribution is 2.22. The summed E-state index contributed by atoms with van der Waals surface area (Å²) in [5.41, 5.74) is 5.44. The maximum atomic E-state index is 13.1. The first-order valence-corrected chi connectivity index (χ1v) is 4.39. The first kappa shape index (κ1) is 9.45. The van der Waals surface area contributed by atoms with E-state index < -0.39 is 5.82 Å². The fourth-order valence-electron chi connectivity index (χ4n) is 1.10. The number of hydrogen-bond donors (Lipinski definition) is 1. The second-order valence-corrected chi connectivity index (χ2v) is 2.95. The Balaban J connectivity index is 2.22. The Bertz CT molecular complexity index is 459. The van der Waals surface area contributed by atoms with Gasteiger partial charge in [-0.3, -0.25) is 0 Å². The molecule has 4 heteroatoms. The number of nitrogens with two attached hydrogens (primary N) is 1. The van der Waals surface area contributed by atoms with Gasteiger partial charge in [-0.05, 0) is 18.2 Å². The van der Waals surface area contributed by atoms with Crippen LogP contribution in [0.5, 0.6) is 11.6 Å². The molecular weight excluding hydrogens is 195 g/mol. The molecular formula is C11H9FN2O. The monoisotopic (exact) mass is 204 g/mol. The number of pyridine rings is 1. The summed E-state index contributed by atoms with van der Waals surface area (Å²) in [6, 6.07) is 9.52. The molecule has 0 saturated carbocycles. The molecule has 1 aromatic heterocycles. The molecule has 76 valence electrons. The average molecular weight is 204 g/mol. The van der Waals surface area contributed by atoms with Crippen molar-refractivity contribution >= 4 is 5.69 Å².